The van der Waals surface area contributed by atoms with Gasteiger partial charge in [-0.1, -0.05) is 9.39 Å². The maximum absolute atomic E-state index is 9.16. The van der Waals surface area contributed by atoms with Gasteiger partial charge in [-0.3, -0.25) is 9.65 Å². The number of nitrogens with zero attached hydrogens (tertiary/aromatic N) is 3. The molecular weight excluding hydrogens is 233 g/mol. The van der Waals surface area contributed by atoms with E-state index < -0.39 is 0 Å². The Labute approximate surface area is 104 Å². The molecule has 4 nitrogen and oxygen atoms in total. The molecular formula is C12H18N3OP. The normalized spacial score (nSPS) is 28.7. The number of piperazine rings is 1. The smallest absolute Gasteiger partial charge is 0.0697 e. The molecule has 1 aromatic rings. The van der Waals surface area contributed by atoms with E-state index in [1.165, 1.54) is 12.8 Å². The first kappa shape index (κ1) is 11.4. The lowest BCUT2D eigenvalue weighted by molar-refractivity contribution is 0.193. The van der Waals surface area contributed by atoms with Crippen LogP contribution < -0.4 is 4.90 Å². The van der Waals surface area contributed by atoms with Crippen LogP contribution >= 0.6 is 9.39 Å². The van der Waals surface area contributed by atoms with Crippen LogP contribution in [0.3, 0.4) is 0 Å². The quantitative estimate of drug-likeness (QED) is 0.797. The van der Waals surface area contributed by atoms with E-state index in [4.69, 9.17) is 5.11 Å². The zero-order valence-corrected chi connectivity index (χ0v) is 10.9. The fourth-order valence-electron chi connectivity index (χ4n) is 2.89. The van der Waals surface area contributed by atoms with Gasteiger partial charge in [0, 0.05) is 31.4 Å². The van der Waals surface area contributed by atoms with Gasteiger partial charge in [-0.05, 0) is 24.5 Å². The second-order valence-corrected chi connectivity index (χ2v) is 5.61. The van der Waals surface area contributed by atoms with E-state index in [1.807, 2.05) is 6.20 Å². The maximum atomic E-state index is 9.16. The predicted octanol–water partition coefficient (Wildman–Crippen LogP) is 1.02. The molecule has 1 aromatic heterocycles. The summed E-state index contributed by atoms with van der Waals surface area (Å²) in [5, 5.41) is 9.16. The van der Waals surface area contributed by atoms with E-state index in [9.17, 15) is 0 Å². The molecule has 17 heavy (non-hydrogen) atoms. The third kappa shape index (κ3) is 2.05. The SMILES string of the molecule is OCc1cncc(N2CC3CCC2CN3P)c1. The average molecular weight is 251 g/mol. The van der Waals surface area contributed by atoms with Gasteiger partial charge in [0.2, 0.25) is 0 Å². The monoisotopic (exact) mass is 251 g/mol. The van der Waals surface area contributed by atoms with Crippen molar-refractivity contribution in [2.75, 3.05) is 18.0 Å². The minimum Gasteiger partial charge on any atom is -0.392 e. The summed E-state index contributed by atoms with van der Waals surface area (Å²) in [6.07, 6.45) is 6.19. The van der Waals surface area contributed by atoms with E-state index in [2.05, 4.69) is 30.0 Å². The van der Waals surface area contributed by atoms with Gasteiger partial charge >= 0.3 is 0 Å². The van der Waals surface area contributed by atoms with E-state index in [0.29, 0.717) is 12.1 Å². The van der Waals surface area contributed by atoms with Gasteiger partial charge in [-0.15, -0.1) is 0 Å². The van der Waals surface area contributed by atoms with Crippen molar-refractivity contribution in [2.24, 2.45) is 0 Å². The Bertz CT molecular complexity index is 414. The number of aliphatic hydroxyl groups is 1. The van der Waals surface area contributed by atoms with Crippen molar-refractivity contribution < 1.29 is 5.11 Å². The number of fused-ring (bicyclic) bond motifs is 3. The third-order valence-corrected chi connectivity index (χ3v) is 4.50. The van der Waals surface area contributed by atoms with E-state index >= 15 is 0 Å². The molecule has 0 amide bonds. The highest BCUT2D eigenvalue weighted by Gasteiger charge is 2.37. The first-order valence-electron chi connectivity index (χ1n) is 6.10. The van der Waals surface area contributed by atoms with Gasteiger partial charge in [0.15, 0.2) is 0 Å². The van der Waals surface area contributed by atoms with E-state index in [0.717, 1.165) is 24.3 Å². The fraction of sp³-hybridized carbons (Fsp3) is 0.583. The summed E-state index contributed by atoms with van der Waals surface area (Å²) >= 11 is 0. The molecule has 3 saturated heterocycles. The lowest BCUT2D eigenvalue weighted by Crippen LogP contribution is -2.59. The summed E-state index contributed by atoms with van der Waals surface area (Å²) in [5.74, 6) is 0. The molecule has 3 atom stereocenters. The van der Waals surface area contributed by atoms with Crippen LogP contribution in [0.25, 0.3) is 0 Å². The minimum absolute atomic E-state index is 0.0680. The zero-order chi connectivity index (χ0) is 11.8. The average Bonchev–Trinajstić information content (AvgIpc) is 2.39. The largest absolute Gasteiger partial charge is 0.392 e. The standard InChI is InChI=1S/C12H18N3OP/c16-8-9-3-12(5-13-4-9)14-6-11-2-1-10(14)7-15(11)17/h3-5,10-11,16H,1-2,6-8,17H2. The number of anilines is 1. The summed E-state index contributed by atoms with van der Waals surface area (Å²) in [6.45, 7) is 2.25. The molecule has 3 aliphatic heterocycles. The maximum Gasteiger partial charge on any atom is 0.0697 e. The summed E-state index contributed by atoms with van der Waals surface area (Å²) in [5.41, 5.74) is 2.05. The van der Waals surface area contributed by atoms with Crippen LogP contribution in [0, 0.1) is 0 Å². The number of hydrogen-bond acceptors (Lipinski definition) is 4. The topological polar surface area (TPSA) is 39.6 Å². The highest BCUT2D eigenvalue weighted by atomic mass is 31.0. The van der Waals surface area contributed by atoms with Crippen molar-refractivity contribution in [3.8, 4) is 0 Å². The molecule has 3 aliphatic rings. The number of rotatable bonds is 2. The van der Waals surface area contributed by atoms with Crippen LogP contribution in [-0.4, -0.2) is 39.9 Å². The Morgan fingerprint density at radius 3 is 2.76 bits per heavy atom. The minimum atomic E-state index is 0.0680. The number of aromatic nitrogens is 1. The van der Waals surface area contributed by atoms with E-state index in [1.54, 1.807) is 6.20 Å². The van der Waals surface area contributed by atoms with E-state index in [-0.39, 0.29) is 6.61 Å². The summed E-state index contributed by atoms with van der Waals surface area (Å²) in [7, 11) is 2.84. The Morgan fingerprint density at radius 1 is 1.29 bits per heavy atom. The van der Waals surface area contributed by atoms with Gasteiger partial charge in [-0.2, -0.15) is 0 Å². The van der Waals surface area contributed by atoms with Gasteiger partial charge in [0.1, 0.15) is 0 Å². The van der Waals surface area contributed by atoms with Crippen molar-refractivity contribution >= 4 is 15.1 Å². The molecule has 4 rings (SSSR count). The van der Waals surface area contributed by atoms with Crippen molar-refractivity contribution in [3.05, 3.63) is 24.0 Å². The zero-order valence-electron chi connectivity index (χ0n) is 9.79. The molecule has 3 fully saturated rings. The molecule has 0 saturated carbocycles. The number of piperidine rings is 2. The fourth-order valence-corrected chi connectivity index (χ4v) is 3.38. The van der Waals surface area contributed by atoms with Crippen LogP contribution in [0.2, 0.25) is 0 Å². The van der Waals surface area contributed by atoms with Crippen molar-refractivity contribution in [2.45, 2.75) is 31.5 Å². The van der Waals surface area contributed by atoms with Crippen LogP contribution in [0.5, 0.6) is 0 Å². The third-order valence-electron chi connectivity index (χ3n) is 3.87. The second kappa shape index (κ2) is 4.52. The highest BCUT2D eigenvalue weighted by molar-refractivity contribution is 7.13. The van der Waals surface area contributed by atoms with Gasteiger partial charge in [0.05, 0.1) is 18.5 Å². The Balaban J connectivity index is 1.85. The molecule has 0 aliphatic carbocycles. The van der Waals surface area contributed by atoms with Crippen LogP contribution in [0.1, 0.15) is 18.4 Å². The molecule has 3 unspecified atom stereocenters. The lowest BCUT2D eigenvalue weighted by Gasteiger charge is -2.51. The molecule has 0 radical (unpaired) electrons. The molecule has 2 bridgehead atoms. The van der Waals surface area contributed by atoms with Crippen LogP contribution in [0.4, 0.5) is 5.69 Å². The Hall–Kier alpha value is -0.700. The predicted molar refractivity (Wildman–Crippen MR) is 70.7 cm³/mol. The molecule has 0 aromatic carbocycles. The molecule has 0 spiro atoms. The first-order chi connectivity index (χ1) is 8.28. The van der Waals surface area contributed by atoms with Gasteiger partial charge in [-0.25, -0.2) is 0 Å². The summed E-state index contributed by atoms with van der Waals surface area (Å²) in [6, 6.07) is 3.29. The van der Waals surface area contributed by atoms with Crippen molar-refractivity contribution in [1.82, 2.24) is 9.65 Å². The second-order valence-electron chi connectivity index (χ2n) is 4.94. The van der Waals surface area contributed by atoms with Crippen LogP contribution in [-0.2, 0) is 6.61 Å². The van der Waals surface area contributed by atoms with Crippen molar-refractivity contribution in [3.63, 3.8) is 0 Å². The van der Waals surface area contributed by atoms with Crippen molar-refractivity contribution in [1.29, 1.82) is 0 Å². The Kier molecular flexibility index (Phi) is 3.03. The van der Waals surface area contributed by atoms with Crippen LogP contribution in [0.15, 0.2) is 18.5 Å². The molecule has 1 N–H and O–H groups in total. The van der Waals surface area contributed by atoms with Gasteiger partial charge in [0.25, 0.3) is 0 Å². The lowest BCUT2D eigenvalue weighted by atomic mass is 9.92. The Morgan fingerprint density at radius 2 is 2.12 bits per heavy atom. The molecule has 4 heterocycles. The van der Waals surface area contributed by atoms with Gasteiger partial charge < -0.3 is 10.0 Å². The number of aliphatic hydroxyl groups excluding tert-OH is 1. The molecule has 92 valence electrons. The summed E-state index contributed by atoms with van der Waals surface area (Å²) < 4.78 is 2.38. The summed E-state index contributed by atoms with van der Waals surface area (Å²) in [4.78, 5) is 6.66. The first-order valence-corrected chi connectivity index (χ1v) is 6.62. The number of hydrogen-bond donors (Lipinski definition) is 1. The number of pyridine rings is 1. The molecule has 5 heteroatoms. The highest BCUT2D eigenvalue weighted by Crippen LogP contribution is 2.34.